The van der Waals surface area contributed by atoms with Gasteiger partial charge in [0.1, 0.15) is 66.3 Å². The molecule has 0 amide bonds. The molecule has 4 saturated heterocycles. The average molecular weight is 1190 g/mol. The van der Waals surface area contributed by atoms with E-state index in [9.17, 15) is 19.5 Å². The predicted octanol–water partition coefficient (Wildman–Crippen LogP) is -2.73. The van der Waals surface area contributed by atoms with Crippen molar-refractivity contribution >= 4 is 112 Å². The number of nitrogens with zero attached hydrogens (tertiary/aromatic N) is 14. The topological polar surface area (TPSA) is 466 Å². The van der Waals surface area contributed by atoms with Crippen LogP contribution in [0.5, 0.6) is 0 Å². The molecule has 7 unspecified atom stereocenters. The lowest BCUT2D eigenvalue weighted by atomic mass is 10.1. The van der Waals surface area contributed by atoms with Gasteiger partial charge >= 0.3 is 5.69 Å². The molecule has 7 aromatic heterocycles. The Morgan fingerprint density at radius 3 is 1.42 bits per heavy atom. The summed E-state index contributed by atoms with van der Waals surface area (Å²) in [6.07, 6.45) is 4.01. The number of imidazole rings is 3. The Morgan fingerprint density at radius 2 is 0.962 bits per heavy atom. The Labute approximate surface area is 456 Å². The molecule has 4 aliphatic heterocycles. The van der Waals surface area contributed by atoms with E-state index in [4.69, 9.17) is 96.6 Å². The minimum atomic E-state index is -4.32. The highest BCUT2D eigenvalue weighted by Crippen LogP contribution is 2.45. The third-order valence-electron chi connectivity index (χ3n) is 13.6. The minimum absolute atomic E-state index is 0.0263. The predicted molar refractivity (Wildman–Crippen MR) is 281 cm³/mol. The monoisotopic (exact) mass is 1190 g/mol. The fourth-order valence-electron chi connectivity index (χ4n) is 9.74. The van der Waals surface area contributed by atoms with Gasteiger partial charge in [0.25, 0.3) is 0 Å². The minimum Gasteiger partial charge on any atom is -0.789 e. The molecule has 78 heavy (non-hydrogen) atoms. The smallest absolute Gasteiger partial charge is 0.351 e. The highest BCUT2D eigenvalue weighted by Gasteiger charge is 2.43. The van der Waals surface area contributed by atoms with Crippen LogP contribution in [0.25, 0.3) is 33.5 Å². The second-order valence-corrected chi connectivity index (χ2v) is 27.5. The number of ether oxygens (including phenoxy) is 4. The zero-order valence-corrected chi connectivity index (χ0v) is 45.8. The summed E-state index contributed by atoms with van der Waals surface area (Å²) in [5.41, 5.74) is 31.9. The van der Waals surface area contributed by atoms with Gasteiger partial charge in [-0.05, 0) is 13.0 Å². The van der Waals surface area contributed by atoms with Crippen LogP contribution in [0.2, 0.25) is 0 Å². The third-order valence-corrected chi connectivity index (χ3v) is 18.9. The van der Waals surface area contributed by atoms with Gasteiger partial charge in [0.15, 0.2) is 34.4 Å². The van der Waals surface area contributed by atoms with Crippen LogP contribution >= 0.6 is 19.9 Å². The first kappa shape index (κ1) is 55.0. The molecule has 0 aliphatic carbocycles. The van der Waals surface area contributed by atoms with E-state index in [2.05, 4.69) is 65.1 Å². The van der Waals surface area contributed by atoms with Crippen molar-refractivity contribution in [2.45, 2.75) is 106 Å². The lowest BCUT2D eigenvalue weighted by Crippen LogP contribution is -2.43. The normalized spacial score (nSPS) is 29.9. The number of fused-ring (bicyclic) bond motifs is 3. The van der Waals surface area contributed by atoms with Gasteiger partial charge in [0.05, 0.1) is 83.1 Å². The lowest BCUT2D eigenvalue weighted by Gasteiger charge is -2.37. The van der Waals surface area contributed by atoms with Crippen LogP contribution in [0.1, 0.15) is 57.5 Å². The molecule has 11 heterocycles. The van der Waals surface area contributed by atoms with E-state index < -0.39 is 112 Å². The number of hydrogen-bond donors (Lipinski definition) is 8. The van der Waals surface area contributed by atoms with E-state index in [1.54, 1.807) is 20.6 Å². The molecule has 39 heteroatoms. The largest absolute Gasteiger partial charge is 0.789 e. The Hall–Kier alpha value is -4.88. The first-order chi connectivity index (χ1) is 37.2. The third kappa shape index (κ3) is 11.5. The van der Waals surface area contributed by atoms with Crippen molar-refractivity contribution in [1.29, 1.82) is 0 Å². The number of nitrogens with one attached hydrogen (secondary N) is 3. The van der Waals surface area contributed by atoms with E-state index in [1.807, 2.05) is 0 Å². The van der Waals surface area contributed by atoms with Gasteiger partial charge in [-0.2, -0.15) is 4.98 Å². The van der Waals surface area contributed by atoms with Gasteiger partial charge in [-0.15, -0.1) is 0 Å². The number of nitrogen functional groups attached to an aromatic ring is 4. The van der Waals surface area contributed by atoms with Gasteiger partial charge in [0, 0.05) is 56.0 Å². The zero-order chi connectivity index (χ0) is 54.8. The molecule has 13 N–H and O–H groups in total. The first-order valence-electron chi connectivity index (χ1n) is 23.9. The quantitative estimate of drug-likeness (QED) is 0.0381. The van der Waals surface area contributed by atoms with Crippen LogP contribution in [0.3, 0.4) is 0 Å². The van der Waals surface area contributed by atoms with Crippen LogP contribution in [0, 0.1) is 0 Å². The van der Waals surface area contributed by atoms with Crippen molar-refractivity contribution in [3.05, 3.63) is 60.7 Å². The summed E-state index contributed by atoms with van der Waals surface area (Å²) in [6, 6.07) is -1.59. The molecule has 0 spiro atoms. The number of anilines is 4. The van der Waals surface area contributed by atoms with Crippen molar-refractivity contribution in [2.24, 2.45) is 5.73 Å². The van der Waals surface area contributed by atoms with E-state index in [0.29, 0.717) is 46.3 Å². The van der Waals surface area contributed by atoms with Crippen molar-refractivity contribution in [3.8, 4) is 0 Å². The Morgan fingerprint density at radius 1 is 0.577 bits per heavy atom. The lowest BCUT2D eigenvalue weighted by molar-refractivity contribution is -0.190. The van der Waals surface area contributed by atoms with Crippen molar-refractivity contribution in [1.82, 2.24) is 83.4 Å². The van der Waals surface area contributed by atoms with Crippen molar-refractivity contribution in [2.75, 3.05) is 42.8 Å². The summed E-state index contributed by atoms with van der Waals surface area (Å²) in [5.74, 6) is 0.504. The summed E-state index contributed by atoms with van der Waals surface area (Å²) in [7, 11) is 0. The summed E-state index contributed by atoms with van der Waals surface area (Å²) < 4.78 is 48.9. The van der Waals surface area contributed by atoms with Crippen LogP contribution in [0.15, 0.2) is 55.0 Å². The van der Waals surface area contributed by atoms with Crippen LogP contribution < -0.4 is 64.3 Å². The average Bonchev–Trinajstić information content (AvgIpc) is 4.37. The van der Waals surface area contributed by atoms with Gasteiger partial charge < -0.3 is 75.9 Å². The summed E-state index contributed by atoms with van der Waals surface area (Å²) >= 11 is 16.6. The van der Waals surface area contributed by atoms with Crippen molar-refractivity contribution in [3.63, 3.8) is 0 Å². The molecule has 0 aromatic carbocycles. The SMILES string of the molecule is C[C@H]1O[C@@H](n2cnc3c(N)ncnc32)CC1NP([O-])(=S)OC[C@H]1O[C@@H](n2ccc(N)nc2=O)CC1NP([O-])(=S)OC[C@H]1O[C@@H](n2cnc3c(N)ncnc32)CC1NP([O-])(=S)OC[C@H]1O[C@@H](n2cnc3c(N)ncnc32)CC1N. The molecule has 11 rings (SSSR count). The van der Waals surface area contributed by atoms with E-state index in [0.717, 1.165) is 0 Å². The maximum atomic E-state index is 14.4. The second kappa shape index (κ2) is 21.9. The van der Waals surface area contributed by atoms with E-state index >= 15 is 0 Å². The highest BCUT2D eigenvalue weighted by atomic mass is 32.5. The van der Waals surface area contributed by atoms with Gasteiger partial charge in [-0.25, -0.2) is 49.7 Å². The Balaban J connectivity index is 0.764. The van der Waals surface area contributed by atoms with Crippen LogP contribution in [0.4, 0.5) is 23.3 Å². The van der Waals surface area contributed by atoms with Crippen molar-refractivity contribution < 1.29 is 47.2 Å². The summed E-state index contributed by atoms with van der Waals surface area (Å²) in [5, 5.41) is 8.68. The first-order valence-corrected chi connectivity index (χ1v) is 31.8. The van der Waals surface area contributed by atoms with E-state index in [1.165, 1.54) is 54.8 Å². The van der Waals surface area contributed by atoms with Gasteiger partial charge in [0.2, 0.25) is 0 Å². The molecule has 0 saturated carbocycles. The molecule has 0 radical (unpaired) electrons. The summed E-state index contributed by atoms with van der Waals surface area (Å²) in [4.78, 5) is 97.2. The van der Waals surface area contributed by atoms with Crippen LogP contribution in [-0.2, 0) is 67.9 Å². The molecule has 33 nitrogen and oxygen atoms in total. The standard InChI is InChI=1S/C39H53N22O11P3S3/c1-17-19(5-28(69-17)60-15-52-31-34(43)46-12-49-37(31)60)55-73(63,76)67-9-23-20(6-27(71-23)58-3-2-25(41)54-39(58)62)56-75(65,78)68-10-24-21(7-29(72-24)61-16-53-32-35(44)47-13-50-38(32)61)57-74(64,77)66-8-22-18(40)4-26(70-22)59-14-51-30-33(42)45-11-48-36(30)59/h2-3,11-24,26-29H,4-10,40H2,1H3,(H2,41,54,62)(H2,42,45,48)(H2,43,46,49)(H2,44,47,50)(H2,55,63,76)(H2,56,65,78)(H2,57,64,77)/p-3/t17-,18?,19?,20?,21?,22-,23-,24-,26-,27-,28-,29-,73?,74?,75?/m1/s1. The maximum absolute atomic E-state index is 14.4. The zero-order valence-electron chi connectivity index (χ0n) is 40.7. The molecule has 15 atom stereocenters. The molecular weight excluding hydrogens is 1140 g/mol. The molecular formula is C39H50N22O11P3S3-3. The fourth-order valence-corrected chi connectivity index (χ4v) is 14.8. The van der Waals surface area contributed by atoms with Gasteiger partial charge in [-0.1, -0.05) is 35.4 Å². The maximum Gasteiger partial charge on any atom is 0.351 e. The second-order valence-electron chi connectivity index (χ2n) is 18.7. The molecule has 0 bridgehead atoms. The summed E-state index contributed by atoms with van der Waals surface area (Å²) in [6.45, 7) is -11.9. The Kier molecular flexibility index (Phi) is 15.4. The molecule has 4 fully saturated rings. The fraction of sp³-hybridized carbons (Fsp3) is 0.513. The number of rotatable bonds is 19. The molecule has 7 aromatic rings. The number of hydrogen-bond acceptors (Lipinski definition) is 29. The van der Waals surface area contributed by atoms with Gasteiger partial charge in [-0.3, -0.25) is 33.5 Å². The van der Waals surface area contributed by atoms with Crippen LogP contribution in [-0.4, -0.2) is 137 Å². The number of aromatic nitrogens is 14. The molecule has 4 aliphatic rings. The molecule has 418 valence electrons. The Bertz CT molecular complexity index is 3580. The highest BCUT2D eigenvalue weighted by molar-refractivity contribution is 8.08. The van der Waals surface area contributed by atoms with E-state index in [-0.39, 0.29) is 42.7 Å². The number of nitrogens with two attached hydrogens (primary N) is 5.